The Hall–Kier alpha value is -1.71. The number of hydrogen-bond acceptors (Lipinski definition) is 4. The molecule has 0 amide bonds. The van der Waals surface area contributed by atoms with Gasteiger partial charge in [0.25, 0.3) is 0 Å². The largest absolute Gasteiger partial charge is 0.379 e. The number of nitrogens with one attached hydrogen (secondary N) is 1. The van der Waals surface area contributed by atoms with Gasteiger partial charge in [-0.2, -0.15) is 5.26 Å². The molecule has 0 fully saturated rings. The highest BCUT2D eigenvalue weighted by Gasteiger charge is 2.10. The Morgan fingerprint density at radius 2 is 2.37 bits per heavy atom. The molecule has 5 nitrogen and oxygen atoms in total. The summed E-state index contributed by atoms with van der Waals surface area (Å²) >= 11 is 5.27. The Labute approximate surface area is 116 Å². The summed E-state index contributed by atoms with van der Waals surface area (Å²) in [7, 11) is 0. The molecule has 19 heavy (non-hydrogen) atoms. The summed E-state index contributed by atoms with van der Waals surface area (Å²) < 4.78 is 8.09. The van der Waals surface area contributed by atoms with Gasteiger partial charge >= 0.3 is 0 Å². The molecule has 100 valence electrons. The van der Waals surface area contributed by atoms with Crippen molar-refractivity contribution < 1.29 is 4.74 Å². The van der Waals surface area contributed by atoms with E-state index in [1.54, 1.807) is 6.20 Å². The fourth-order valence-corrected chi connectivity index (χ4v) is 2.22. The first-order chi connectivity index (χ1) is 9.13. The Bertz CT molecular complexity index is 665. The molecule has 0 bridgehead atoms. The van der Waals surface area contributed by atoms with E-state index in [2.05, 4.69) is 16.0 Å². The van der Waals surface area contributed by atoms with Crippen molar-refractivity contribution in [3.05, 3.63) is 22.7 Å². The number of aryl methyl sites for hydroxylation is 1. The van der Waals surface area contributed by atoms with Gasteiger partial charge in [0.1, 0.15) is 21.7 Å². The van der Waals surface area contributed by atoms with Gasteiger partial charge in [0, 0.05) is 19.3 Å². The van der Waals surface area contributed by atoms with E-state index in [0.29, 0.717) is 22.3 Å². The standard InChI is InChI=1S/C13H16N4OS/c1-9(2)18-5-3-4-17-7-10(6-14)11-12(17)13(19)16-8-15-11/h7-9H,3-5H2,1-2H3,(H,15,16,19). The Morgan fingerprint density at radius 1 is 1.58 bits per heavy atom. The van der Waals surface area contributed by atoms with Crippen molar-refractivity contribution in [2.24, 2.45) is 0 Å². The first-order valence-electron chi connectivity index (χ1n) is 6.21. The third-order valence-electron chi connectivity index (χ3n) is 2.77. The zero-order valence-electron chi connectivity index (χ0n) is 11.0. The van der Waals surface area contributed by atoms with Crippen LogP contribution in [0.5, 0.6) is 0 Å². The van der Waals surface area contributed by atoms with Gasteiger partial charge in [-0.05, 0) is 20.3 Å². The van der Waals surface area contributed by atoms with E-state index in [0.717, 1.165) is 18.5 Å². The van der Waals surface area contributed by atoms with E-state index in [9.17, 15) is 0 Å². The van der Waals surface area contributed by atoms with E-state index in [4.69, 9.17) is 22.2 Å². The summed E-state index contributed by atoms with van der Waals surface area (Å²) in [6, 6.07) is 2.15. The fraction of sp³-hybridized carbons (Fsp3) is 0.462. The van der Waals surface area contributed by atoms with Crippen LogP contribution in [-0.2, 0) is 11.3 Å². The Morgan fingerprint density at radius 3 is 3.05 bits per heavy atom. The third kappa shape index (κ3) is 3.00. The normalized spacial score (nSPS) is 11.1. The van der Waals surface area contributed by atoms with Crippen molar-refractivity contribution in [2.75, 3.05) is 6.61 Å². The molecule has 1 N–H and O–H groups in total. The SMILES string of the molecule is CC(C)OCCCn1cc(C#N)c2nc[nH]c(=S)c21. The van der Waals surface area contributed by atoms with Crippen LogP contribution in [-0.4, -0.2) is 27.2 Å². The molecule has 0 aromatic carbocycles. The number of nitrogens with zero attached hydrogens (tertiary/aromatic N) is 3. The van der Waals surface area contributed by atoms with Crippen molar-refractivity contribution in [3.8, 4) is 6.07 Å². The highest BCUT2D eigenvalue weighted by Crippen LogP contribution is 2.19. The van der Waals surface area contributed by atoms with Crippen LogP contribution >= 0.6 is 12.2 Å². The average Bonchev–Trinajstić information content (AvgIpc) is 2.74. The molecular weight excluding hydrogens is 260 g/mol. The first-order valence-corrected chi connectivity index (χ1v) is 6.62. The molecular formula is C13H16N4OS. The summed E-state index contributed by atoms with van der Waals surface area (Å²) in [5.41, 5.74) is 2.04. The van der Waals surface area contributed by atoms with Crippen molar-refractivity contribution in [1.82, 2.24) is 14.5 Å². The lowest BCUT2D eigenvalue weighted by atomic mass is 10.3. The zero-order valence-corrected chi connectivity index (χ0v) is 11.8. The maximum Gasteiger partial charge on any atom is 0.130 e. The van der Waals surface area contributed by atoms with Gasteiger partial charge in [0.05, 0.1) is 18.0 Å². The highest BCUT2D eigenvalue weighted by molar-refractivity contribution is 7.71. The van der Waals surface area contributed by atoms with E-state index < -0.39 is 0 Å². The minimum Gasteiger partial charge on any atom is -0.379 e. The number of H-pyrrole nitrogens is 1. The van der Waals surface area contributed by atoms with Crippen molar-refractivity contribution in [1.29, 1.82) is 5.26 Å². The molecule has 2 rings (SSSR count). The summed E-state index contributed by atoms with van der Waals surface area (Å²) in [5, 5.41) is 9.11. The lowest BCUT2D eigenvalue weighted by Gasteiger charge is -2.08. The Balaban J connectivity index is 2.24. The van der Waals surface area contributed by atoms with Crippen molar-refractivity contribution in [2.45, 2.75) is 32.9 Å². The molecule has 0 unspecified atom stereocenters. The van der Waals surface area contributed by atoms with E-state index in [1.165, 1.54) is 6.33 Å². The number of nitriles is 1. The number of aromatic amines is 1. The number of aromatic nitrogens is 3. The molecule has 0 aliphatic rings. The van der Waals surface area contributed by atoms with Crippen LogP contribution in [0.15, 0.2) is 12.5 Å². The highest BCUT2D eigenvalue weighted by atomic mass is 32.1. The lowest BCUT2D eigenvalue weighted by molar-refractivity contribution is 0.0750. The van der Waals surface area contributed by atoms with Crippen LogP contribution in [0.2, 0.25) is 0 Å². The molecule has 0 saturated heterocycles. The second kappa shape index (κ2) is 5.95. The van der Waals surface area contributed by atoms with Crippen LogP contribution in [0.1, 0.15) is 25.8 Å². The maximum atomic E-state index is 9.11. The second-order valence-corrected chi connectivity index (χ2v) is 4.96. The zero-order chi connectivity index (χ0) is 13.8. The predicted octanol–water partition coefficient (Wildman–Crippen LogP) is 2.78. The third-order valence-corrected chi connectivity index (χ3v) is 3.08. The minimum absolute atomic E-state index is 0.237. The van der Waals surface area contributed by atoms with E-state index >= 15 is 0 Å². The number of ether oxygens (including phenoxy) is 1. The van der Waals surface area contributed by atoms with E-state index in [1.807, 2.05) is 18.4 Å². The maximum absolute atomic E-state index is 9.11. The van der Waals surface area contributed by atoms with Crippen LogP contribution < -0.4 is 0 Å². The number of hydrogen-bond donors (Lipinski definition) is 1. The monoisotopic (exact) mass is 276 g/mol. The molecule has 0 aliphatic carbocycles. The van der Waals surface area contributed by atoms with Gasteiger partial charge in [-0.1, -0.05) is 12.2 Å². The lowest BCUT2D eigenvalue weighted by Crippen LogP contribution is -2.07. The fourth-order valence-electron chi connectivity index (χ4n) is 1.95. The molecule has 0 saturated carbocycles. The smallest absolute Gasteiger partial charge is 0.130 e. The average molecular weight is 276 g/mol. The van der Waals surface area contributed by atoms with Gasteiger partial charge in [0.2, 0.25) is 0 Å². The molecule has 2 heterocycles. The summed E-state index contributed by atoms with van der Waals surface area (Å²) in [4.78, 5) is 7.10. The first kappa shape index (κ1) is 13.7. The van der Waals surface area contributed by atoms with Crippen molar-refractivity contribution >= 4 is 23.3 Å². The second-order valence-electron chi connectivity index (χ2n) is 4.55. The molecule has 6 heteroatoms. The molecule has 0 atom stereocenters. The predicted molar refractivity (Wildman–Crippen MR) is 75.3 cm³/mol. The molecule has 0 aliphatic heterocycles. The van der Waals surface area contributed by atoms with Crippen molar-refractivity contribution in [3.63, 3.8) is 0 Å². The van der Waals surface area contributed by atoms with Gasteiger partial charge in [-0.3, -0.25) is 0 Å². The summed E-state index contributed by atoms with van der Waals surface area (Å²) in [6.45, 7) is 5.47. The number of rotatable bonds is 5. The van der Waals surface area contributed by atoms with Gasteiger partial charge in [-0.25, -0.2) is 4.98 Å². The van der Waals surface area contributed by atoms with Gasteiger partial charge < -0.3 is 14.3 Å². The summed E-state index contributed by atoms with van der Waals surface area (Å²) in [6.07, 6.45) is 4.44. The topological polar surface area (TPSA) is 66.6 Å². The number of fused-ring (bicyclic) bond motifs is 1. The quantitative estimate of drug-likeness (QED) is 0.673. The molecule has 0 radical (unpaired) electrons. The van der Waals surface area contributed by atoms with Crippen LogP contribution in [0, 0.1) is 16.0 Å². The van der Waals surface area contributed by atoms with Crippen LogP contribution in [0.3, 0.4) is 0 Å². The van der Waals surface area contributed by atoms with Gasteiger partial charge in [-0.15, -0.1) is 0 Å². The van der Waals surface area contributed by atoms with Gasteiger partial charge in [0.15, 0.2) is 0 Å². The minimum atomic E-state index is 0.237. The van der Waals surface area contributed by atoms with Crippen LogP contribution in [0.4, 0.5) is 0 Å². The van der Waals surface area contributed by atoms with E-state index in [-0.39, 0.29) is 6.10 Å². The van der Waals surface area contributed by atoms with Crippen LogP contribution in [0.25, 0.3) is 11.0 Å². The Kier molecular flexibility index (Phi) is 4.30. The molecule has 2 aromatic heterocycles. The molecule has 0 spiro atoms. The summed E-state index contributed by atoms with van der Waals surface area (Å²) in [5.74, 6) is 0. The molecule has 2 aromatic rings.